The fraction of sp³-hybridized carbons (Fsp3) is 0.333. The van der Waals surface area contributed by atoms with Crippen molar-refractivity contribution < 1.29 is 4.79 Å². The number of benzene rings is 1. The first-order valence-corrected chi connectivity index (χ1v) is 10.2. The average Bonchev–Trinajstić information content (AvgIpc) is 3.06. The molecule has 0 radical (unpaired) electrons. The van der Waals surface area contributed by atoms with Gasteiger partial charge in [-0.2, -0.15) is 0 Å². The average molecular weight is 389 g/mol. The van der Waals surface area contributed by atoms with Gasteiger partial charge < -0.3 is 9.88 Å². The molecule has 29 heavy (non-hydrogen) atoms. The normalized spacial score (nSPS) is 15.0. The molecule has 0 aliphatic carbocycles. The number of nitrogens with zero attached hydrogens (tertiary/aromatic N) is 3. The molecule has 0 bridgehead atoms. The number of carbonyl (C=O) groups is 1. The maximum absolute atomic E-state index is 12.9. The first kappa shape index (κ1) is 19.4. The van der Waals surface area contributed by atoms with Crippen LogP contribution in [0, 0.1) is 6.92 Å². The molecule has 1 amide bonds. The van der Waals surface area contributed by atoms with Crippen molar-refractivity contribution in [3.05, 3.63) is 88.5 Å². The Balaban J connectivity index is 1.46. The Morgan fingerprint density at radius 1 is 1.21 bits per heavy atom. The Morgan fingerprint density at radius 3 is 2.72 bits per heavy atom. The second-order valence-corrected chi connectivity index (χ2v) is 7.96. The van der Waals surface area contributed by atoms with E-state index >= 15 is 0 Å². The minimum absolute atomic E-state index is 0.0508. The SMILES string of the molecule is Cc1ccc(CN2CCc3c(cc(C(=O)NC(C)c4ccccn4)n3C)C2)cc1. The molecule has 0 fully saturated rings. The van der Waals surface area contributed by atoms with Gasteiger partial charge in [0.2, 0.25) is 0 Å². The first-order chi connectivity index (χ1) is 14.0. The number of carbonyl (C=O) groups excluding carboxylic acids is 1. The van der Waals surface area contributed by atoms with Gasteiger partial charge in [-0.05, 0) is 43.2 Å². The minimum Gasteiger partial charge on any atom is -0.343 e. The van der Waals surface area contributed by atoms with Crippen LogP contribution in [0.5, 0.6) is 0 Å². The lowest BCUT2D eigenvalue weighted by Gasteiger charge is -2.27. The molecular weight excluding hydrogens is 360 g/mol. The molecular formula is C24H28N4O. The maximum Gasteiger partial charge on any atom is 0.268 e. The highest BCUT2D eigenvalue weighted by molar-refractivity contribution is 5.93. The number of rotatable bonds is 5. The number of aryl methyl sites for hydroxylation is 1. The molecule has 0 saturated carbocycles. The zero-order valence-corrected chi connectivity index (χ0v) is 17.4. The van der Waals surface area contributed by atoms with E-state index in [1.165, 1.54) is 22.4 Å². The summed E-state index contributed by atoms with van der Waals surface area (Å²) in [5, 5.41) is 3.08. The number of aromatic nitrogens is 2. The topological polar surface area (TPSA) is 50.2 Å². The molecule has 4 rings (SSSR count). The first-order valence-electron chi connectivity index (χ1n) is 10.2. The van der Waals surface area contributed by atoms with Gasteiger partial charge in [-0.3, -0.25) is 14.7 Å². The van der Waals surface area contributed by atoms with E-state index in [4.69, 9.17) is 0 Å². The van der Waals surface area contributed by atoms with Crippen molar-refractivity contribution in [1.82, 2.24) is 19.8 Å². The lowest BCUT2D eigenvalue weighted by atomic mass is 10.1. The zero-order valence-electron chi connectivity index (χ0n) is 17.4. The highest BCUT2D eigenvalue weighted by atomic mass is 16.2. The van der Waals surface area contributed by atoms with E-state index in [1.54, 1.807) is 6.20 Å². The number of fused-ring (bicyclic) bond motifs is 1. The Morgan fingerprint density at radius 2 is 2.00 bits per heavy atom. The molecule has 1 unspecified atom stereocenters. The second kappa shape index (κ2) is 8.21. The quantitative estimate of drug-likeness (QED) is 0.724. The van der Waals surface area contributed by atoms with Crippen LogP contribution in [-0.4, -0.2) is 26.9 Å². The summed E-state index contributed by atoms with van der Waals surface area (Å²) < 4.78 is 2.05. The van der Waals surface area contributed by atoms with E-state index in [0.717, 1.165) is 37.4 Å². The van der Waals surface area contributed by atoms with E-state index < -0.39 is 0 Å². The van der Waals surface area contributed by atoms with Crippen LogP contribution >= 0.6 is 0 Å². The van der Waals surface area contributed by atoms with Gasteiger partial charge in [-0.15, -0.1) is 0 Å². The fourth-order valence-corrected chi connectivity index (χ4v) is 4.04. The molecule has 2 aromatic heterocycles. The van der Waals surface area contributed by atoms with Gasteiger partial charge >= 0.3 is 0 Å². The van der Waals surface area contributed by atoms with Gasteiger partial charge in [-0.25, -0.2) is 0 Å². The van der Waals surface area contributed by atoms with Crippen LogP contribution in [0.25, 0.3) is 0 Å². The van der Waals surface area contributed by atoms with Crippen molar-refractivity contribution in [1.29, 1.82) is 0 Å². The maximum atomic E-state index is 12.9. The van der Waals surface area contributed by atoms with Gasteiger partial charge in [0.15, 0.2) is 0 Å². The number of hydrogen-bond acceptors (Lipinski definition) is 3. The summed E-state index contributed by atoms with van der Waals surface area (Å²) in [6.45, 7) is 6.89. The summed E-state index contributed by atoms with van der Waals surface area (Å²) in [5.41, 5.74) is 6.71. The van der Waals surface area contributed by atoms with Crippen LogP contribution in [0.1, 0.15) is 51.5 Å². The van der Waals surface area contributed by atoms with Gasteiger partial charge in [-0.1, -0.05) is 35.9 Å². The summed E-state index contributed by atoms with van der Waals surface area (Å²) in [4.78, 5) is 19.7. The molecule has 5 nitrogen and oxygen atoms in total. The van der Waals surface area contributed by atoms with Crippen LogP contribution in [0.2, 0.25) is 0 Å². The molecule has 0 saturated heterocycles. The van der Waals surface area contributed by atoms with Crippen molar-refractivity contribution in [3.8, 4) is 0 Å². The van der Waals surface area contributed by atoms with Crippen LogP contribution in [-0.2, 0) is 26.6 Å². The van der Waals surface area contributed by atoms with E-state index in [-0.39, 0.29) is 11.9 Å². The van der Waals surface area contributed by atoms with Crippen LogP contribution in [0.15, 0.2) is 54.7 Å². The van der Waals surface area contributed by atoms with E-state index in [2.05, 4.69) is 57.0 Å². The zero-order chi connectivity index (χ0) is 20.4. The van der Waals surface area contributed by atoms with Crippen molar-refractivity contribution in [2.45, 2.75) is 39.4 Å². The fourth-order valence-electron chi connectivity index (χ4n) is 4.04. The smallest absolute Gasteiger partial charge is 0.268 e. The summed E-state index contributed by atoms with van der Waals surface area (Å²) in [7, 11) is 1.99. The molecule has 1 aliphatic rings. The van der Waals surface area contributed by atoms with Gasteiger partial charge in [0.1, 0.15) is 5.69 Å². The monoisotopic (exact) mass is 388 g/mol. The Bertz CT molecular complexity index is 992. The third-order valence-electron chi connectivity index (χ3n) is 5.75. The molecule has 150 valence electrons. The van der Waals surface area contributed by atoms with Crippen molar-refractivity contribution in [3.63, 3.8) is 0 Å². The highest BCUT2D eigenvalue weighted by Gasteiger charge is 2.24. The van der Waals surface area contributed by atoms with E-state index in [1.807, 2.05) is 32.2 Å². The third-order valence-corrected chi connectivity index (χ3v) is 5.75. The van der Waals surface area contributed by atoms with Crippen LogP contribution < -0.4 is 5.32 Å². The molecule has 3 aromatic rings. The summed E-state index contributed by atoms with van der Waals surface area (Å²) in [6.07, 6.45) is 2.71. The molecule has 5 heteroatoms. The van der Waals surface area contributed by atoms with Gasteiger partial charge in [0.05, 0.1) is 11.7 Å². The van der Waals surface area contributed by atoms with Crippen molar-refractivity contribution in [2.24, 2.45) is 7.05 Å². The summed E-state index contributed by atoms with van der Waals surface area (Å²) in [6, 6.07) is 16.4. The predicted octanol–water partition coefficient (Wildman–Crippen LogP) is 3.78. The van der Waals surface area contributed by atoms with E-state index in [9.17, 15) is 4.79 Å². The highest BCUT2D eigenvalue weighted by Crippen LogP contribution is 2.24. The van der Waals surface area contributed by atoms with Gasteiger partial charge in [0.25, 0.3) is 5.91 Å². The molecule has 1 atom stereocenters. The molecule has 1 aromatic carbocycles. The lowest BCUT2D eigenvalue weighted by molar-refractivity contribution is 0.0930. The second-order valence-electron chi connectivity index (χ2n) is 7.96. The van der Waals surface area contributed by atoms with Gasteiger partial charge in [0, 0.05) is 45.0 Å². The Labute approximate surface area is 172 Å². The minimum atomic E-state index is -0.131. The summed E-state index contributed by atoms with van der Waals surface area (Å²) >= 11 is 0. The van der Waals surface area contributed by atoms with Crippen LogP contribution in [0.4, 0.5) is 0 Å². The lowest BCUT2D eigenvalue weighted by Crippen LogP contribution is -2.31. The number of hydrogen-bond donors (Lipinski definition) is 1. The molecule has 3 heterocycles. The number of pyridine rings is 1. The molecule has 1 N–H and O–H groups in total. The summed E-state index contributed by atoms with van der Waals surface area (Å²) in [5.74, 6) is -0.0508. The number of amides is 1. The number of nitrogens with one attached hydrogen (secondary N) is 1. The Kier molecular flexibility index (Phi) is 5.49. The molecule has 0 spiro atoms. The predicted molar refractivity (Wildman–Crippen MR) is 115 cm³/mol. The third kappa shape index (κ3) is 4.25. The largest absolute Gasteiger partial charge is 0.343 e. The van der Waals surface area contributed by atoms with Crippen LogP contribution in [0.3, 0.4) is 0 Å². The standard InChI is InChI=1S/C24H28N4O/c1-17-7-9-19(10-8-17)15-28-13-11-22-20(16-28)14-23(27(22)3)24(29)26-18(2)21-6-4-5-12-25-21/h4-10,12,14,18H,11,13,15-16H2,1-3H3,(H,26,29). The molecule has 1 aliphatic heterocycles. The van der Waals surface area contributed by atoms with E-state index in [0.29, 0.717) is 0 Å². The van der Waals surface area contributed by atoms with Crippen molar-refractivity contribution >= 4 is 5.91 Å². The Hall–Kier alpha value is -2.92. The van der Waals surface area contributed by atoms with Crippen molar-refractivity contribution in [2.75, 3.05) is 6.54 Å².